The third-order valence-corrected chi connectivity index (χ3v) is 4.85. The minimum absolute atomic E-state index is 0.00185. The number of ether oxygens (including phenoxy) is 2. The van der Waals surface area contributed by atoms with E-state index in [9.17, 15) is 14.8 Å². The average molecular weight is 371 g/mol. The topological polar surface area (TPSA) is 97.4 Å². The molecular formula is C19H21N3O5. The molecule has 1 aromatic carbocycles. The van der Waals surface area contributed by atoms with Gasteiger partial charge in [-0.05, 0) is 6.42 Å². The Kier molecular flexibility index (Phi) is 4.32. The lowest BCUT2D eigenvalue weighted by Crippen LogP contribution is -2.42. The molecule has 2 aliphatic rings. The summed E-state index contributed by atoms with van der Waals surface area (Å²) < 4.78 is 12.6. The maximum Gasteiger partial charge on any atom is 0.220 e. The van der Waals surface area contributed by atoms with Crippen LogP contribution in [0.2, 0.25) is 0 Å². The van der Waals surface area contributed by atoms with Crippen LogP contribution in [0.15, 0.2) is 24.3 Å². The molecule has 8 nitrogen and oxygen atoms in total. The van der Waals surface area contributed by atoms with Crippen LogP contribution in [0.3, 0.4) is 0 Å². The summed E-state index contributed by atoms with van der Waals surface area (Å²) in [5, 5.41) is 16.0. The summed E-state index contributed by atoms with van der Waals surface area (Å²) >= 11 is 0. The van der Waals surface area contributed by atoms with Crippen molar-refractivity contribution in [2.24, 2.45) is 5.41 Å². The Balaban J connectivity index is 1.50. The van der Waals surface area contributed by atoms with Crippen molar-refractivity contribution >= 4 is 11.6 Å². The third-order valence-electron chi connectivity index (χ3n) is 4.85. The zero-order valence-corrected chi connectivity index (χ0v) is 15.3. The molecular weight excluding hydrogens is 350 g/mol. The smallest absolute Gasteiger partial charge is 0.220 e. The highest BCUT2D eigenvalue weighted by molar-refractivity contribution is 6.26. The molecule has 0 bridgehead atoms. The summed E-state index contributed by atoms with van der Waals surface area (Å²) in [6.45, 7) is 5.62. The van der Waals surface area contributed by atoms with E-state index in [-0.39, 0.29) is 41.0 Å². The predicted octanol–water partition coefficient (Wildman–Crippen LogP) is 1.47. The molecule has 0 atom stereocenters. The Morgan fingerprint density at radius 3 is 2.48 bits per heavy atom. The maximum absolute atomic E-state index is 12.8. The first-order valence-electron chi connectivity index (χ1n) is 9.00. The number of benzene rings is 1. The number of carbonyl (C=O) groups is 2. The van der Waals surface area contributed by atoms with Crippen LogP contribution >= 0.6 is 0 Å². The fraction of sp³-hybridized carbons (Fsp3) is 0.474. The first-order chi connectivity index (χ1) is 12.9. The van der Waals surface area contributed by atoms with Gasteiger partial charge < -0.3 is 14.7 Å². The molecule has 0 saturated carbocycles. The lowest BCUT2D eigenvalue weighted by Gasteiger charge is -2.34. The second-order valence-corrected chi connectivity index (χ2v) is 7.73. The van der Waals surface area contributed by atoms with Crippen molar-refractivity contribution in [2.45, 2.75) is 39.5 Å². The Hall–Kier alpha value is -2.58. The highest BCUT2D eigenvalue weighted by Gasteiger charge is 2.39. The number of fused-ring (bicyclic) bond motifs is 2. The van der Waals surface area contributed by atoms with Crippen LogP contribution in [0, 0.1) is 10.6 Å². The van der Waals surface area contributed by atoms with Crippen molar-refractivity contribution in [2.75, 3.05) is 13.2 Å². The second-order valence-electron chi connectivity index (χ2n) is 7.73. The molecule has 2 aromatic rings. The first-order valence-corrected chi connectivity index (χ1v) is 9.00. The largest absolute Gasteiger partial charge is 0.571 e. The lowest BCUT2D eigenvalue weighted by molar-refractivity contribution is -0.749. The molecule has 0 N–H and O–H groups in total. The predicted molar refractivity (Wildman–Crippen MR) is 93.2 cm³/mol. The highest BCUT2D eigenvalue weighted by Crippen LogP contribution is 2.27. The van der Waals surface area contributed by atoms with Crippen LogP contribution in [0.4, 0.5) is 0 Å². The van der Waals surface area contributed by atoms with Gasteiger partial charge in [-0.25, -0.2) is 0 Å². The molecule has 8 heteroatoms. The minimum atomic E-state index is -0.398. The van der Waals surface area contributed by atoms with E-state index in [2.05, 4.69) is 18.9 Å². The lowest BCUT2D eigenvalue weighted by atomic mass is 9.90. The summed E-state index contributed by atoms with van der Waals surface area (Å²) in [6.07, 6.45) is 0.816. The van der Waals surface area contributed by atoms with Crippen LogP contribution in [0.25, 0.3) is 0 Å². The van der Waals surface area contributed by atoms with E-state index in [1.54, 1.807) is 24.3 Å². The van der Waals surface area contributed by atoms with Crippen LogP contribution in [-0.4, -0.2) is 40.9 Å². The van der Waals surface area contributed by atoms with Crippen molar-refractivity contribution in [1.82, 2.24) is 9.78 Å². The molecule has 1 fully saturated rings. The molecule has 2 heterocycles. The number of ketones is 2. The summed E-state index contributed by atoms with van der Waals surface area (Å²) in [6, 6.07) is 6.55. The van der Waals surface area contributed by atoms with E-state index in [4.69, 9.17) is 9.47 Å². The number of nitrogens with zero attached hydrogens (tertiary/aromatic N) is 3. The minimum Gasteiger partial charge on any atom is -0.571 e. The molecule has 4 rings (SSSR count). The number of aromatic nitrogens is 3. The SMILES string of the molecule is CC1(C)COC(CCCn2c3c(n[n+]2[O-])C(=O)c2ccccc2C3=O)OC1. The first kappa shape index (κ1) is 17.8. The Bertz CT molecular complexity index is 908. The van der Waals surface area contributed by atoms with E-state index in [0.717, 1.165) is 0 Å². The van der Waals surface area contributed by atoms with E-state index in [0.29, 0.717) is 36.6 Å². The Morgan fingerprint density at radius 1 is 1.19 bits per heavy atom. The van der Waals surface area contributed by atoms with Gasteiger partial charge in [-0.15, -0.1) is 4.68 Å². The molecule has 1 saturated heterocycles. The molecule has 0 unspecified atom stereocenters. The van der Waals surface area contributed by atoms with Gasteiger partial charge in [0.25, 0.3) is 0 Å². The highest BCUT2D eigenvalue weighted by atomic mass is 16.7. The fourth-order valence-corrected chi connectivity index (χ4v) is 3.41. The van der Waals surface area contributed by atoms with Gasteiger partial charge in [0, 0.05) is 33.0 Å². The van der Waals surface area contributed by atoms with Crippen molar-refractivity contribution in [1.29, 1.82) is 0 Å². The molecule has 0 amide bonds. The zero-order chi connectivity index (χ0) is 19.2. The summed E-state index contributed by atoms with van der Waals surface area (Å²) in [7, 11) is 0. The quantitative estimate of drug-likeness (QED) is 0.509. The van der Waals surface area contributed by atoms with Crippen LogP contribution in [0.1, 0.15) is 58.8 Å². The molecule has 142 valence electrons. The second kappa shape index (κ2) is 6.54. The van der Waals surface area contributed by atoms with Gasteiger partial charge in [-0.2, -0.15) is 0 Å². The van der Waals surface area contributed by atoms with E-state index >= 15 is 0 Å². The standard InChI is InChI=1S/C19H21N3O5/c1-19(2)10-26-14(27-11-19)8-5-9-21-16-15(20-22(21)25)17(23)12-6-3-4-7-13(12)18(16)24/h3-4,6-7,14H,5,8-11H2,1-2H3. The van der Waals surface area contributed by atoms with Gasteiger partial charge in [0.05, 0.1) is 19.8 Å². The van der Waals surface area contributed by atoms with E-state index in [1.807, 2.05) is 0 Å². The molecule has 1 aromatic heterocycles. The fourth-order valence-electron chi connectivity index (χ4n) is 3.41. The van der Waals surface area contributed by atoms with Crippen molar-refractivity contribution in [3.05, 3.63) is 52.0 Å². The summed E-state index contributed by atoms with van der Waals surface area (Å²) in [5.74, 6) is -0.751. The zero-order valence-electron chi connectivity index (χ0n) is 15.3. The third kappa shape index (κ3) is 3.15. The van der Waals surface area contributed by atoms with Gasteiger partial charge >= 0.3 is 0 Å². The summed E-state index contributed by atoms with van der Waals surface area (Å²) in [4.78, 5) is 25.7. The van der Waals surface area contributed by atoms with Gasteiger partial charge in [-0.3, -0.25) is 9.59 Å². The molecule has 1 aliphatic heterocycles. The number of rotatable bonds is 4. The Labute approximate surface area is 156 Å². The summed E-state index contributed by atoms with van der Waals surface area (Å²) in [5.41, 5.74) is 0.559. The van der Waals surface area contributed by atoms with Crippen LogP contribution < -0.4 is 4.96 Å². The number of carbonyl (C=O) groups excluding carboxylic acids is 2. The average Bonchev–Trinajstić information content (AvgIpc) is 2.98. The van der Waals surface area contributed by atoms with Crippen LogP contribution in [-0.2, 0) is 16.0 Å². The monoisotopic (exact) mass is 371 g/mol. The van der Waals surface area contributed by atoms with Gasteiger partial charge in [0.2, 0.25) is 17.3 Å². The van der Waals surface area contributed by atoms with E-state index in [1.165, 1.54) is 4.68 Å². The molecule has 27 heavy (non-hydrogen) atoms. The maximum atomic E-state index is 12.8. The normalized spacial score (nSPS) is 19.0. The molecule has 0 spiro atoms. The molecule has 0 radical (unpaired) electrons. The molecule has 1 aliphatic carbocycles. The van der Waals surface area contributed by atoms with Gasteiger partial charge in [0.1, 0.15) is 0 Å². The number of hydrogen-bond donors (Lipinski definition) is 0. The van der Waals surface area contributed by atoms with Crippen molar-refractivity contribution in [3.63, 3.8) is 0 Å². The Morgan fingerprint density at radius 2 is 1.81 bits per heavy atom. The van der Waals surface area contributed by atoms with Crippen molar-refractivity contribution < 1.29 is 24.0 Å². The van der Waals surface area contributed by atoms with Gasteiger partial charge in [-0.1, -0.05) is 38.1 Å². The van der Waals surface area contributed by atoms with Crippen LogP contribution in [0.5, 0.6) is 0 Å². The van der Waals surface area contributed by atoms with E-state index < -0.39 is 5.78 Å². The van der Waals surface area contributed by atoms with Crippen molar-refractivity contribution in [3.8, 4) is 0 Å². The van der Waals surface area contributed by atoms with Gasteiger partial charge in [0.15, 0.2) is 12.0 Å². The number of hydrogen-bond acceptors (Lipinski definition) is 6.